The molecule has 2 aliphatic rings. The summed E-state index contributed by atoms with van der Waals surface area (Å²) in [6.45, 7) is 6.50. The Hall–Kier alpha value is -2.37. The molecular weight excluding hydrogens is 356 g/mol. The summed E-state index contributed by atoms with van der Waals surface area (Å²) < 4.78 is 5.09. The van der Waals surface area contributed by atoms with Crippen LogP contribution in [0.25, 0.3) is 0 Å². The number of methoxy groups -OCH3 is 1. The molecule has 1 aromatic carbocycles. The summed E-state index contributed by atoms with van der Waals surface area (Å²) in [4.78, 5) is 39.2. The number of carbonyl (C=O) groups is 3. The molecule has 0 atom stereocenters. The Balaban J connectivity index is 1.67. The Kier molecular flexibility index (Phi) is 5.50. The van der Waals surface area contributed by atoms with Gasteiger partial charge >= 0.3 is 6.03 Å². The van der Waals surface area contributed by atoms with Gasteiger partial charge in [-0.3, -0.25) is 14.5 Å². The van der Waals surface area contributed by atoms with Crippen LogP contribution in [0.1, 0.15) is 63.2 Å². The second-order valence-corrected chi connectivity index (χ2v) is 8.67. The minimum absolute atomic E-state index is 0.233. The fourth-order valence-corrected chi connectivity index (χ4v) is 4.35. The van der Waals surface area contributed by atoms with E-state index in [-0.39, 0.29) is 23.7 Å². The maximum Gasteiger partial charge on any atom is 0.325 e. The van der Waals surface area contributed by atoms with Crippen LogP contribution in [0.4, 0.5) is 4.79 Å². The van der Waals surface area contributed by atoms with Crippen molar-refractivity contribution in [2.45, 2.75) is 58.4 Å². The van der Waals surface area contributed by atoms with Crippen LogP contribution < -0.4 is 10.1 Å². The molecule has 2 fully saturated rings. The van der Waals surface area contributed by atoms with Crippen LogP contribution in [-0.2, 0) is 4.79 Å². The van der Waals surface area contributed by atoms with Crippen LogP contribution in [0.5, 0.6) is 5.75 Å². The number of imide groups is 1. The van der Waals surface area contributed by atoms with Crippen LogP contribution in [0.15, 0.2) is 24.3 Å². The molecule has 1 saturated carbocycles. The van der Waals surface area contributed by atoms with Gasteiger partial charge in [0, 0.05) is 5.56 Å². The lowest BCUT2D eigenvalue weighted by Gasteiger charge is -2.42. The zero-order valence-electron chi connectivity index (χ0n) is 17.2. The topological polar surface area (TPSA) is 75.7 Å². The summed E-state index contributed by atoms with van der Waals surface area (Å²) in [7, 11) is 1.56. The predicted octanol–water partition coefficient (Wildman–Crippen LogP) is 3.79. The van der Waals surface area contributed by atoms with E-state index in [0.29, 0.717) is 30.1 Å². The van der Waals surface area contributed by atoms with Gasteiger partial charge in [-0.25, -0.2) is 4.79 Å². The molecule has 1 aliphatic heterocycles. The Morgan fingerprint density at radius 3 is 2.36 bits per heavy atom. The molecule has 0 aromatic heterocycles. The summed E-state index contributed by atoms with van der Waals surface area (Å²) in [5.74, 6) is 0.677. The number of ether oxygens (including phenoxy) is 1. The number of Topliss-reactive ketones (excluding diaryl/α,β-unsaturated/α-hetero) is 1. The van der Waals surface area contributed by atoms with Gasteiger partial charge in [-0.05, 0) is 61.3 Å². The first-order valence-electron chi connectivity index (χ1n) is 10.0. The van der Waals surface area contributed by atoms with E-state index in [9.17, 15) is 14.4 Å². The molecule has 1 aromatic rings. The van der Waals surface area contributed by atoms with E-state index in [0.717, 1.165) is 24.2 Å². The van der Waals surface area contributed by atoms with E-state index < -0.39 is 11.6 Å². The molecule has 1 aliphatic carbocycles. The van der Waals surface area contributed by atoms with Gasteiger partial charge < -0.3 is 10.1 Å². The average Bonchev–Trinajstić information content (AvgIpc) is 2.92. The van der Waals surface area contributed by atoms with Crippen molar-refractivity contribution in [3.8, 4) is 5.75 Å². The predicted molar refractivity (Wildman–Crippen MR) is 106 cm³/mol. The summed E-state index contributed by atoms with van der Waals surface area (Å²) >= 11 is 0. The highest BCUT2D eigenvalue weighted by Gasteiger charge is 2.53. The molecule has 6 nitrogen and oxygen atoms in total. The first-order chi connectivity index (χ1) is 13.2. The van der Waals surface area contributed by atoms with Crippen molar-refractivity contribution in [1.82, 2.24) is 10.2 Å². The van der Waals surface area contributed by atoms with E-state index in [2.05, 4.69) is 26.1 Å². The molecule has 1 heterocycles. The summed E-state index contributed by atoms with van der Waals surface area (Å²) in [5, 5.41) is 2.90. The number of nitrogens with one attached hydrogen (secondary N) is 1. The van der Waals surface area contributed by atoms with Crippen LogP contribution >= 0.6 is 0 Å². The molecule has 1 saturated heterocycles. The standard InChI is InChI=1S/C22H30N2O4/c1-5-21(2,3)16-10-12-22(13-11-16)19(26)24(20(27)23-22)14-18(25)15-6-8-17(28-4)9-7-15/h6-9,16H,5,10-14H2,1-4H3,(H,23,27). The summed E-state index contributed by atoms with van der Waals surface area (Å²) in [6.07, 6.45) is 4.19. The highest BCUT2D eigenvalue weighted by atomic mass is 16.5. The van der Waals surface area contributed by atoms with Gasteiger partial charge in [0.1, 0.15) is 11.3 Å². The number of amides is 3. The van der Waals surface area contributed by atoms with Gasteiger partial charge in [-0.2, -0.15) is 0 Å². The highest BCUT2D eigenvalue weighted by Crippen LogP contribution is 2.45. The summed E-state index contributed by atoms with van der Waals surface area (Å²) in [5.41, 5.74) is -0.148. The number of hydrogen-bond acceptors (Lipinski definition) is 4. The van der Waals surface area contributed by atoms with Gasteiger partial charge in [0.15, 0.2) is 5.78 Å². The minimum Gasteiger partial charge on any atom is -0.497 e. The second-order valence-electron chi connectivity index (χ2n) is 8.67. The minimum atomic E-state index is -0.836. The second kappa shape index (κ2) is 7.57. The lowest BCUT2D eigenvalue weighted by Crippen LogP contribution is -2.51. The van der Waals surface area contributed by atoms with Gasteiger partial charge in [-0.15, -0.1) is 0 Å². The number of hydrogen-bond donors (Lipinski definition) is 1. The molecule has 1 N–H and O–H groups in total. The van der Waals surface area contributed by atoms with E-state index in [1.54, 1.807) is 31.4 Å². The normalized spacial score (nSPS) is 25.1. The first kappa shape index (κ1) is 20.4. The molecule has 0 radical (unpaired) electrons. The Morgan fingerprint density at radius 1 is 1.21 bits per heavy atom. The zero-order chi connectivity index (χ0) is 20.5. The average molecular weight is 386 g/mol. The highest BCUT2D eigenvalue weighted by molar-refractivity contribution is 6.11. The van der Waals surface area contributed by atoms with Crippen molar-refractivity contribution >= 4 is 17.7 Å². The van der Waals surface area contributed by atoms with Crippen LogP contribution in [0.3, 0.4) is 0 Å². The fourth-order valence-electron chi connectivity index (χ4n) is 4.35. The van der Waals surface area contributed by atoms with Crippen molar-refractivity contribution in [2.75, 3.05) is 13.7 Å². The third-order valence-corrected chi connectivity index (χ3v) is 6.82. The molecule has 1 spiro atoms. The van der Waals surface area contributed by atoms with Gasteiger partial charge in [0.25, 0.3) is 5.91 Å². The lowest BCUT2D eigenvalue weighted by molar-refractivity contribution is -0.132. The molecule has 152 valence electrons. The largest absolute Gasteiger partial charge is 0.497 e. The monoisotopic (exact) mass is 386 g/mol. The quantitative estimate of drug-likeness (QED) is 0.596. The third-order valence-electron chi connectivity index (χ3n) is 6.82. The molecule has 28 heavy (non-hydrogen) atoms. The van der Waals surface area contributed by atoms with E-state index in [1.165, 1.54) is 0 Å². The number of ketones is 1. The number of nitrogens with zero attached hydrogens (tertiary/aromatic N) is 1. The van der Waals surface area contributed by atoms with Gasteiger partial charge in [0.2, 0.25) is 0 Å². The van der Waals surface area contributed by atoms with E-state index in [1.807, 2.05) is 0 Å². The molecule has 6 heteroatoms. The number of carbonyl (C=O) groups excluding carboxylic acids is 3. The molecule has 3 rings (SSSR count). The third kappa shape index (κ3) is 3.64. The van der Waals surface area contributed by atoms with Crippen LogP contribution in [-0.4, -0.2) is 41.8 Å². The summed E-state index contributed by atoms with van der Waals surface area (Å²) in [6, 6.07) is 6.22. The fraction of sp³-hybridized carbons (Fsp3) is 0.591. The Bertz CT molecular complexity index is 761. The molecule has 0 unspecified atom stereocenters. The molecular formula is C22H30N2O4. The van der Waals surface area contributed by atoms with Crippen molar-refractivity contribution in [2.24, 2.45) is 11.3 Å². The maximum absolute atomic E-state index is 13.1. The first-order valence-corrected chi connectivity index (χ1v) is 10.0. The SMILES string of the molecule is CCC(C)(C)C1CCC2(CC1)NC(=O)N(CC(=O)c1ccc(OC)cc1)C2=O. The smallest absolute Gasteiger partial charge is 0.325 e. The number of rotatable bonds is 6. The van der Waals surface area contributed by atoms with E-state index >= 15 is 0 Å². The zero-order valence-corrected chi connectivity index (χ0v) is 17.2. The van der Waals surface area contributed by atoms with Crippen LogP contribution in [0, 0.1) is 11.3 Å². The molecule has 3 amide bonds. The lowest BCUT2D eigenvalue weighted by atomic mass is 9.65. The van der Waals surface area contributed by atoms with Crippen molar-refractivity contribution < 1.29 is 19.1 Å². The Morgan fingerprint density at radius 2 is 1.82 bits per heavy atom. The number of benzene rings is 1. The molecule has 0 bridgehead atoms. The van der Waals surface area contributed by atoms with E-state index in [4.69, 9.17) is 4.74 Å². The van der Waals surface area contributed by atoms with Gasteiger partial charge in [-0.1, -0.05) is 27.2 Å². The van der Waals surface area contributed by atoms with Crippen molar-refractivity contribution in [1.29, 1.82) is 0 Å². The van der Waals surface area contributed by atoms with Crippen LogP contribution in [0.2, 0.25) is 0 Å². The van der Waals surface area contributed by atoms with Gasteiger partial charge in [0.05, 0.1) is 13.7 Å². The Labute approximate surface area is 166 Å². The maximum atomic E-state index is 13.1. The number of urea groups is 1. The van der Waals surface area contributed by atoms with Crippen molar-refractivity contribution in [3.63, 3.8) is 0 Å². The van der Waals surface area contributed by atoms with Crippen molar-refractivity contribution in [3.05, 3.63) is 29.8 Å².